The molecule has 1 aliphatic heterocycles. The van der Waals surface area contributed by atoms with Crippen LogP contribution < -0.4 is 9.47 Å². The van der Waals surface area contributed by atoms with Gasteiger partial charge in [-0.1, -0.05) is 23.7 Å². The van der Waals surface area contributed by atoms with E-state index in [2.05, 4.69) is 0 Å². The van der Waals surface area contributed by atoms with Gasteiger partial charge in [0.25, 0.3) is 0 Å². The molecule has 144 valence electrons. The first-order valence-corrected chi connectivity index (χ1v) is 10.6. The van der Waals surface area contributed by atoms with Crippen molar-refractivity contribution in [3.05, 3.63) is 53.1 Å². The molecule has 0 saturated heterocycles. The number of halogens is 1. The van der Waals surface area contributed by atoms with Crippen LogP contribution in [0.4, 0.5) is 0 Å². The van der Waals surface area contributed by atoms with E-state index in [1.54, 1.807) is 13.0 Å². The van der Waals surface area contributed by atoms with Gasteiger partial charge in [-0.25, -0.2) is 8.42 Å². The summed E-state index contributed by atoms with van der Waals surface area (Å²) < 4.78 is 36.3. The van der Waals surface area contributed by atoms with Crippen LogP contribution in [-0.4, -0.2) is 44.7 Å². The summed E-state index contributed by atoms with van der Waals surface area (Å²) in [7, 11) is -3.75. The maximum atomic E-state index is 12.7. The first-order chi connectivity index (χ1) is 12.9. The maximum absolute atomic E-state index is 12.7. The van der Waals surface area contributed by atoms with Gasteiger partial charge < -0.3 is 14.4 Å². The summed E-state index contributed by atoms with van der Waals surface area (Å²) in [6, 6.07) is 11.3. The van der Waals surface area contributed by atoms with Gasteiger partial charge in [0.05, 0.1) is 4.90 Å². The monoisotopic (exact) mass is 409 g/mol. The van der Waals surface area contributed by atoms with Gasteiger partial charge in [0, 0.05) is 23.7 Å². The lowest BCUT2D eigenvalue weighted by Crippen LogP contribution is -2.35. The van der Waals surface area contributed by atoms with E-state index in [0.29, 0.717) is 36.3 Å². The predicted octanol–water partition coefficient (Wildman–Crippen LogP) is 2.93. The second-order valence-electron chi connectivity index (χ2n) is 6.06. The molecular formula is C19H20ClNO5S. The van der Waals surface area contributed by atoms with Crippen LogP contribution in [0.3, 0.4) is 0 Å². The van der Waals surface area contributed by atoms with Gasteiger partial charge in [0.2, 0.25) is 5.91 Å². The van der Waals surface area contributed by atoms with Gasteiger partial charge in [-0.3, -0.25) is 4.79 Å². The number of para-hydroxylation sites is 1. The fourth-order valence-corrected chi connectivity index (χ4v) is 4.17. The van der Waals surface area contributed by atoms with Crippen molar-refractivity contribution >= 4 is 27.3 Å². The molecule has 1 heterocycles. The van der Waals surface area contributed by atoms with Gasteiger partial charge in [-0.2, -0.15) is 0 Å². The summed E-state index contributed by atoms with van der Waals surface area (Å²) in [5.41, 5.74) is 0.784. The van der Waals surface area contributed by atoms with Gasteiger partial charge in [-0.15, -0.1) is 0 Å². The molecule has 2 aromatic carbocycles. The molecule has 0 aromatic heterocycles. The smallest absolute Gasteiger partial charge is 0.238 e. The number of carbonyl (C=O) groups is 1. The molecule has 0 fully saturated rings. The van der Waals surface area contributed by atoms with Crippen LogP contribution in [0, 0.1) is 0 Å². The van der Waals surface area contributed by atoms with Crippen molar-refractivity contribution in [3.8, 4) is 11.5 Å². The Labute approximate surface area is 163 Å². The van der Waals surface area contributed by atoms with Crippen molar-refractivity contribution in [2.45, 2.75) is 18.4 Å². The molecule has 0 aliphatic carbocycles. The topological polar surface area (TPSA) is 72.9 Å². The number of hydrogen-bond donors (Lipinski definition) is 0. The van der Waals surface area contributed by atoms with Gasteiger partial charge >= 0.3 is 0 Å². The van der Waals surface area contributed by atoms with Crippen LogP contribution in [-0.2, 0) is 21.2 Å². The maximum Gasteiger partial charge on any atom is 0.238 e. The molecule has 0 saturated carbocycles. The normalized spacial score (nSPS) is 13.3. The Balaban J connectivity index is 1.76. The van der Waals surface area contributed by atoms with E-state index >= 15 is 0 Å². The van der Waals surface area contributed by atoms with E-state index in [1.807, 2.05) is 12.1 Å². The lowest BCUT2D eigenvalue weighted by Gasteiger charge is -2.25. The molecular weight excluding hydrogens is 390 g/mol. The lowest BCUT2D eigenvalue weighted by atomic mass is 10.1. The quantitative estimate of drug-likeness (QED) is 0.733. The zero-order valence-electron chi connectivity index (χ0n) is 14.9. The number of sulfone groups is 1. The Morgan fingerprint density at radius 1 is 1.11 bits per heavy atom. The van der Waals surface area contributed by atoms with Crippen molar-refractivity contribution in [1.29, 1.82) is 0 Å². The highest BCUT2D eigenvalue weighted by Gasteiger charge is 2.25. The minimum Gasteiger partial charge on any atom is -0.486 e. The van der Waals surface area contributed by atoms with Crippen LogP contribution in [0.1, 0.15) is 12.5 Å². The lowest BCUT2D eigenvalue weighted by molar-refractivity contribution is -0.128. The second kappa shape index (κ2) is 8.19. The average Bonchev–Trinajstić information content (AvgIpc) is 2.66. The Bertz CT molecular complexity index is 928. The number of hydrogen-bond acceptors (Lipinski definition) is 5. The Morgan fingerprint density at radius 3 is 2.52 bits per heavy atom. The van der Waals surface area contributed by atoms with E-state index in [0.717, 1.165) is 5.56 Å². The first kappa shape index (κ1) is 19.5. The second-order valence-corrected chi connectivity index (χ2v) is 8.49. The van der Waals surface area contributed by atoms with Crippen LogP contribution >= 0.6 is 11.6 Å². The van der Waals surface area contributed by atoms with E-state index in [-0.39, 0.29) is 11.4 Å². The summed E-state index contributed by atoms with van der Waals surface area (Å²) in [6.45, 7) is 3.35. The molecule has 0 bridgehead atoms. The molecule has 0 spiro atoms. The third-order valence-corrected chi connectivity index (χ3v) is 6.10. The standard InChI is InChI=1S/C19H20ClNO5S/c1-2-21(12-14-4-3-5-17-19(14)26-11-10-25-17)18(22)13-27(23,24)16-8-6-15(20)7-9-16/h3-9H,2,10-13H2,1H3. The van der Waals surface area contributed by atoms with Crippen molar-refractivity contribution in [2.24, 2.45) is 0 Å². The number of nitrogens with zero attached hydrogens (tertiary/aromatic N) is 1. The molecule has 3 rings (SSSR count). The molecule has 0 N–H and O–H groups in total. The number of fused-ring (bicyclic) bond motifs is 1. The van der Waals surface area contributed by atoms with Crippen molar-refractivity contribution in [1.82, 2.24) is 4.90 Å². The minimum absolute atomic E-state index is 0.0742. The molecule has 6 nitrogen and oxygen atoms in total. The molecule has 0 unspecified atom stereocenters. The molecule has 2 aromatic rings. The van der Waals surface area contributed by atoms with Crippen molar-refractivity contribution in [3.63, 3.8) is 0 Å². The van der Waals surface area contributed by atoms with E-state index in [1.165, 1.54) is 29.2 Å². The van der Waals surface area contributed by atoms with Crippen LogP contribution in [0.5, 0.6) is 11.5 Å². The van der Waals surface area contributed by atoms with Gasteiger partial charge in [0.15, 0.2) is 21.3 Å². The Morgan fingerprint density at radius 2 is 1.81 bits per heavy atom. The number of ether oxygens (including phenoxy) is 2. The number of carbonyl (C=O) groups excluding carboxylic acids is 1. The number of benzene rings is 2. The first-order valence-electron chi connectivity index (χ1n) is 8.54. The summed E-state index contributed by atoms with van der Waals surface area (Å²) in [4.78, 5) is 14.2. The summed E-state index contributed by atoms with van der Waals surface area (Å²) in [6.07, 6.45) is 0. The van der Waals surface area contributed by atoms with E-state index in [4.69, 9.17) is 21.1 Å². The van der Waals surface area contributed by atoms with Crippen molar-refractivity contribution in [2.75, 3.05) is 25.5 Å². The molecule has 0 atom stereocenters. The molecule has 8 heteroatoms. The SMILES string of the molecule is CCN(Cc1cccc2c1OCCO2)C(=O)CS(=O)(=O)c1ccc(Cl)cc1. The summed E-state index contributed by atoms with van der Waals surface area (Å²) >= 11 is 5.80. The predicted molar refractivity (Wildman–Crippen MR) is 102 cm³/mol. The Hall–Kier alpha value is -2.25. The highest BCUT2D eigenvalue weighted by Crippen LogP contribution is 2.34. The highest BCUT2D eigenvalue weighted by atomic mass is 35.5. The molecule has 0 radical (unpaired) electrons. The van der Waals surface area contributed by atoms with Crippen molar-refractivity contribution < 1.29 is 22.7 Å². The third kappa shape index (κ3) is 4.54. The average molecular weight is 410 g/mol. The highest BCUT2D eigenvalue weighted by molar-refractivity contribution is 7.92. The van der Waals surface area contributed by atoms with Crippen LogP contribution in [0.15, 0.2) is 47.4 Å². The number of rotatable bonds is 6. The Kier molecular flexibility index (Phi) is 5.92. The van der Waals surface area contributed by atoms with Crippen LogP contribution in [0.2, 0.25) is 5.02 Å². The van der Waals surface area contributed by atoms with E-state index in [9.17, 15) is 13.2 Å². The third-order valence-electron chi connectivity index (χ3n) is 4.23. The molecule has 27 heavy (non-hydrogen) atoms. The zero-order chi connectivity index (χ0) is 19.4. The van der Waals surface area contributed by atoms with Crippen LogP contribution in [0.25, 0.3) is 0 Å². The van der Waals surface area contributed by atoms with E-state index < -0.39 is 21.5 Å². The molecule has 1 amide bonds. The molecule has 1 aliphatic rings. The number of amides is 1. The minimum atomic E-state index is -3.75. The fourth-order valence-electron chi connectivity index (χ4n) is 2.82. The van der Waals surface area contributed by atoms with Gasteiger partial charge in [-0.05, 0) is 37.3 Å². The summed E-state index contributed by atoms with van der Waals surface area (Å²) in [5.74, 6) is 0.169. The van der Waals surface area contributed by atoms with Gasteiger partial charge in [0.1, 0.15) is 19.0 Å². The fraction of sp³-hybridized carbons (Fsp3) is 0.316. The largest absolute Gasteiger partial charge is 0.486 e. The zero-order valence-corrected chi connectivity index (χ0v) is 16.4. The summed E-state index contributed by atoms with van der Waals surface area (Å²) in [5, 5.41) is 0.437.